The summed E-state index contributed by atoms with van der Waals surface area (Å²) >= 11 is 0. The maximum absolute atomic E-state index is 11.7. The van der Waals surface area contributed by atoms with Gasteiger partial charge in [0.1, 0.15) is 11.9 Å². The van der Waals surface area contributed by atoms with Crippen molar-refractivity contribution in [3.63, 3.8) is 0 Å². The molecule has 1 atom stereocenters. The number of hydrogen-bond donors (Lipinski definition) is 1. The van der Waals surface area contributed by atoms with E-state index in [2.05, 4.69) is 16.9 Å². The number of rotatable bonds is 4. The van der Waals surface area contributed by atoms with E-state index in [0.717, 1.165) is 41.9 Å². The Morgan fingerprint density at radius 3 is 2.88 bits per heavy atom. The molecule has 1 aliphatic heterocycles. The summed E-state index contributed by atoms with van der Waals surface area (Å²) in [5.41, 5.74) is 2.76. The monoisotopic (exact) mass is 326 g/mol. The predicted molar refractivity (Wildman–Crippen MR) is 92.0 cm³/mol. The third-order valence-electron chi connectivity index (χ3n) is 4.53. The number of carbonyl (C=O) groups is 1. The molecular formula is C18H22N4O2. The first-order valence-electron chi connectivity index (χ1n) is 8.39. The standard InChI is InChI=1S/C18H22N4O2/c1-3-14-12(2)20-16(13-7-6-9-19-11-13)21-17(14)22-10-5-4-8-15(22)18(23)24/h6-7,9,11,15H,3-5,8,10H2,1-2H3,(H,23,24). The highest BCUT2D eigenvalue weighted by atomic mass is 16.4. The summed E-state index contributed by atoms with van der Waals surface area (Å²) in [4.78, 5) is 27.1. The fourth-order valence-corrected chi connectivity index (χ4v) is 3.30. The Kier molecular flexibility index (Phi) is 4.74. The molecule has 1 unspecified atom stereocenters. The van der Waals surface area contributed by atoms with Crippen molar-refractivity contribution in [1.82, 2.24) is 15.0 Å². The van der Waals surface area contributed by atoms with Crippen LogP contribution in [-0.2, 0) is 11.2 Å². The van der Waals surface area contributed by atoms with E-state index in [1.165, 1.54) is 0 Å². The van der Waals surface area contributed by atoms with Crippen LogP contribution in [0.5, 0.6) is 0 Å². The van der Waals surface area contributed by atoms with Crippen molar-refractivity contribution in [2.24, 2.45) is 0 Å². The van der Waals surface area contributed by atoms with Gasteiger partial charge in [0.15, 0.2) is 5.82 Å². The Morgan fingerprint density at radius 2 is 2.21 bits per heavy atom. The molecule has 0 aliphatic carbocycles. The fraction of sp³-hybridized carbons (Fsp3) is 0.444. The number of aryl methyl sites for hydroxylation is 1. The van der Waals surface area contributed by atoms with Crippen LogP contribution >= 0.6 is 0 Å². The molecule has 0 aromatic carbocycles. The number of carboxylic acids is 1. The molecule has 2 aromatic heterocycles. The summed E-state index contributed by atoms with van der Waals surface area (Å²) in [5.74, 6) is 0.578. The molecule has 3 heterocycles. The predicted octanol–water partition coefficient (Wildman–Crippen LogP) is 2.85. The Morgan fingerprint density at radius 1 is 1.38 bits per heavy atom. The van der Waals surface area contributed by atoms with Crippen LogP contribution < -0.4 is 4.90 Å². The van der Waals surface area contributed by atoms with Crippen LogP contribution in [0.3, 0.4) is 0 Å². The lowest BCUT2D eigenvalue weighted by atomic mass is 10.0. The molecule has 0 bridgehead atoms. The van der Waals surface area contributed by atoms with Crippen molar-refractivity contribution in [1.29, 1.82) is 0 Å². The van der Waals surface area contributed by atoms with Gasteiger partial charge in [-0.1, -0.05) is 6.92 Å². The lowest BCUT2D eigenvalue weighted by molar-refractivity contribution is -0.139. The van der Waals surface area contributed by atoms with Gasteiger partial charge in [-0.2, -0.15) is 0 Å². The SMILES string of the molecule is CCc1c(C)nc(-c2cccnc2)nc1N1CCCCC1C(=O)O. The summed E-state index contributed by atoms with van der Waals surface area (Å²) in [6.45, 7) is 4.73. The van der Waals surface area contributed by atoms with Crippen molar-refractivity contribution in [2.75, 3.05) is 11.4 Å². The van der Waals surface area contributed by atoms with Crippen LogP contribution in [0.1, 0.15) is 37.4 Å². The smallest absolute Gasteiger partial charge is 0.326 e. The number of pyridine rings is 1. The molecule has 1 aliphatic rings. The van der Waals surface area contributed by atoms with Gasteiger partial charge in [0.05, 0.1) is 0 Å². The van der Waals surface area contributed by atoms with E-state index in [1.54, 1.807) is 12.4 Å². The number of anilines is 1. The maximum Gasteiger partial charge on any atom is 0.326 e. The van der Waals surface area contributed by atoms with Crippen LogP contribution in [0, 0.1) is 6.92 Å². The van der Waals surface area contributed by atoms with E-state index in [0.29, 0.717) is 18.8 Å². The first-order chi connectivity index (χ1) is 11.6. The Balaban J connectivity index is 2.11. The zero-order valence-electron chi connectivity index (χ0n) is 14.1. The maximum atomic E-state index is 11.7. The molecule has 1 N–H and O–H groups in total. The second kappa shape index (κ2) is 6.95. The van der Waals surface area contributed by atoms with E-state index in [4.69, 9.17) is 4.98 Å². The molecule has 1 saturated heterocycles. The van der Waals surface area contributed by atoms with Gasteiger partial charge >= 0.3 is 5.97 Å². The third kappa shape index (κ3) is 3.09. The molecule has 1 fully saturated rings. The quantitative estimate of drug-likeness (QED) is 0.930. The number of aromatic nitrogens is 3. The number of nitrogens with zero attached hydrogens (tertiary/aromatic N) is 4. The molecule has 24 heavy (non-hydrogen) atoms. The van der Waals surface area contributed by atoms with Crippen molar-refractivity contribution < 1.29 is 9.90 Å². The van der Waals surface area contributed by atoms with E-state index in [1.807, 2.05) is 24.0 Å². The molecular weight excluding hydrogens is 304 g/mol. The van der Waals surface area contributed by atoms with Crippen LogP contribution in [0.15, 0.2) is 24.5 Å². The molecule has 0 amide bonds. The average Bonchev–Trinajstić information content (AvgIpc) is 2.61. The number of piperidine rings is 1. The van der Waals surface area contributed by atoms with Gasteiger partial charge in [0.2, 0.25) is 0 Å². The minimum atomic E-state index is -0.782. The topological polar surface area (TPSA) is 79.2 Å². The molecule has 6 nitrogen and oxygen atoms in total. The minimum absolute atomic E-state index is 0.514. The van der Waals surface area contributed by atoms with Gasteiger partial charge in [-0.3, -0.25) is 4.98 Å². The highest BCUT2D eigenvalue weighted by molar-refractivity contribution is 5.78. The Labute approximate surface area is 141 Å². The van der Waals surface area contributed by atoms with Crippen molar-refractivity contribution in [3.8, 4) is 11.4 Å². The molecule has 6 heteroatoms. The number of carboxylic acid groups (broad SMARTS) is 1. The zero-order valence-corrected chi connectivity index (χ0v) is 14.1. The average molecular weight is 326 g/mol. The van der Waals surface area contributed by atoms with E-state index in [-0.39, 0.29) is 0 Å². The molecule has 0 radical (unpaired) electrons. The summed E-state index contributed by atoms with van der Waals surface area (Å²) in [5, 5.41) is 9.59. The van der Waals surface area contributed by atoms with Gasteiger partial charge < -0.3 is 10.0 Å². The fourth-order valence-electron chi connectivity index (χ4n) is 3.30. The summed E-state index contributed by atoms with van der Waals surface area (Å²) in [6.07, 6.45) is 6.80. The van der Waals surface area contributed by atoms with Crippen LogP contribution in [0.2, 0.25) is 0 Å². The van der Waals surface area contributed by atoms with Crippen LogP contribution in [0.4, 0.5) is 5.82 Å². The summed E-state index contributed by atoms with van der Waals surface area (Å²) < 4.78 is 0. The van der Waals surface area contributed by atoms with Gasteiger partial charge in [-0.25, -0.2) is 14.8 Å². The van der Waals surface area contributed by atoms with Gasteiger partial charge in [0.25, 0.3) is 0 Å². The highest BCUT2D eigenvalue weighted by Gasteiger charge is 2.31. The summed E-state index contributed by atoms with van der Waals surface area (Å²) in [6, 6.07) is 3.25. The third-order valence-corrected chi connectivity index (χ3v) is 4.53. The van der Waals surface area contributed by atoms with E-state index in [9.17, 15) is 9.90 Å². The lowest BCUT2D eigenvalue weighted by Gasteiger charge is -2.35. The zero-order chi connectivity index (χ0) is 17.1. The van der Waals surface area contributed by atoms with Crippen molar-refractivity contribution in [3.05, 3.63) is 35.8 Å². The molecule has 0 spiro atoms. The number of aliphatic carboxylic acids is 1. The van der Waals surface area contributed by atoms with Crippen molar-refractivity contribution >= 4 is 11.8 Å². The van der Waals surface area contributed by atoms with E-state index < -0.39 is 12.0 Å². The number of hydrogen-bond acceptors (Lipinski definition) is 5. The Bertz CT molecular complexity index is 733. The molecule has 2 aromatic rings. The minimum Gasteiger partial charge on any atom is -0.480 e. The first kappa shape index (κ1) is 16.4. The van der Waals surface area contributed by atoms with Gasteiger partial charge in [-0.15, -0.1) is 0 Å². The summed E-state index contributed by atoms with van der Waals surface area (Å²) in [7, 11) is 0. The molecule has 0 saturated carbocycles. The lowest BCUT2D eigenvalue weighted by Crippen LogP contribution is -2.45. The molecule has 3 rings (SSSR count). The Hall–Kier alpha value is -2.50. The normalized spacial score (nSPS) is 17.8. The largest absolute Gasteiger partial charge is 0.480 e. The van der Waals surface area contributed by atoms with Gasteiger partial charge in [0, 0.05) is 35.8 Å². The first-order valence-corrected chi connectivity index (χ1v) is 8.39. The second-order valence-corrected chi connectivity index (χ2v) is 6.07. The second-order valence-electron chi connectivity index (χ2n) is 6.07. The van der Waals surface area contributed by atoms with Crippen molar-refractivity contribution in [2.45, 2.75) is 45.6 Å². The highest BCUT2D eigenvalue weighted by Crippen LogP contribution is 2.30. The molecule has 126 valence electrons. The van der Waals surface area contributed by atoms with E-state index >= 15 is 0 Å². The van der Waals surface area contributed by atoms with Crippen LogP contribution in [0.25, 0.3) is 11.4 Å². The van der Waals surface area contributed by atoms with Crippen LogP contribution in [-0.4, -0.2) is 38.6 Å². The van der Waals surface area contributed by atoms with Gasteiger partial charge in [-0.05, 0) is 44.7 Å².